The number of fused-ring (bicyclic) bond motifs is 3. The van der Waals surface area contributed by atoms with Crippen LogP contribution >= 0.6 is 0 Å². The van der Waals surface area contributed by atoms with Crippen molar-refractivity contribution < 1.29 is 0 Å². The fourth-order valence-electron chi connectivity index (χ4n) is 6.56. The summed E-state index contributed by atoms with van der Waals surface area (Å²) in [5.41, 5.74) is 4.84. The molecule has 0 N–H and O–H groups in total. The second kappa shape index (κ2) is 11.2. The van der Waals surface area contributed by atoms with E-state index in [1.807, 2.05) is 0 Å². The summed E-state index contributed by atoms with van der Waals surface area (Å²) in [4.78, 5) is 0. The first-order valence-electron chi connectivity index (χ1n) is 15.2. The van der Waals surface area contributed by atoms with Crippen LogP contribution in [0.5, 0.6) is 0 Å². The summed E-state index contributed by atoms with van der Waals surface area (Å²) < 4.78 is 0. The van der Waals surface area contributed by atoms with Crippen LogP contribution in [-0.2, 0) is 0 Å². The maximum absolute atomic E-state index is 2.29. The first kappa shape index (κ1) is 25.9. The number of rotatable bonds is 2. The van der Waals surface area contributed by atoms with Crippen LogP contribution in [0.4, 0.5) is 0 Å². The van der Waals surface area contributed by atoms with Gasteiger partial charge in [0.1, 0.15) is 0 Å². The molecule has 44 heavy (non-hydrogen) atoms. The lowest BCUT2D eigenvalue weighted by molar-refractivity contribution is 1.63. The van der Waals surface area contributed by atoms with Gasteiger partial charge in [-0.2, -0.15) is 0 Å². The van der Waals surface area contributed by atoms with Crippen LogP contribution in [-0.4, -0.2) is 0 Å². The van der Waals surface area contributed by atoms with Gasteiger partial charge in [0.25, 0.3) is 0 Å². The van der Waals surface area contributed by atoms with Crippen LogP contribution in [0.25, 0.3) is 76.1 Å². The van der Waals surface area contributed by atoms with Gasteiger partial charge in [0.2, 0.25) is 0 Å². The van der Waals surface area contributed by atoms with Crippen molar-refractivity contribution in [3.8, 4) is 22.3 Å². The van der Waals surface area contributed by atoms with Gasteiger partial charge in [0, 0.05) is 0 Å². The summed E-state index contributed by atoms with van der Waals surface area (Å²) in [5.74, 6) is 0. The van der Waals surface area contributed by atoms with Crippen LogP contribution in [0.3, 0.4) is 0 Å². The highest BCUT2D eigenvalue weighted by Crippen LogP contribution is 2.38. The molecule has 0 aliphatic rings. The van der Waals surface area contributed by atoms with Crippen LogP contribution in [0, 0.1) is 0 Å². The zero-order chi connectivity index (χ0) is 29.3. The molecule has 11 aromatic carbocycles. The molecular weight excluding hydrogens is 528 g/mol. The van der Waals surface area contributed by atoms with Gasteiger partial charge in [0.05, 0.1) is 0 Å². The molecule has 0 aliphatic carbocycles. The van der Waals surface area contributed by atoms with E-state index in [9.17, 15) is 0 Å². The van der Waals surface area contributed by atoms with Crippen LogP contribution in [0.15, 0.2) is 182 Å². The van der Waals surface area contributed by atoms with E-state index in [1.165, 1.54) is 76.1 Å². The van der Waals surface area contributed by atoms with E-state index in [4.69, 9.17) is 0 Å². The van der Waals surface area contributed by atoms with Gasteiger partial charge < -0.3 is 0 Å². The predicted molar refractivity (Wildman–Crippen MR) is 191 cm³/mol. The van der Waals surface area contributed by atoms with E-state index in [-0.39, 0.29) is 0 Å². The highest BCUT2D eigenvalue weighted by atomic mass is 14.1. The minimum absolute atomic E-state index is 1.19. The lowest BCUT2D eigenvalue weighted by atomic mass is 9.90. The monoisotopic (exact) mass is 558 g/mol. The summed E-state index contributed by atoms with van der Waals surface area (Å²) in [6, 6.07) is 66.3. The summed E-state index contributed by atoms with van der Waals surface area (Å²) >= 11 is 0. The van der Waals surface area contributed by atoms with Gasteiger partial charge in [-0.25, -0.2) is 0 Å². The molecule has 0 heterocycles. The largest absolute Gasteiger partial charge is 0.0622 e. The molecule has 0 nitrogen and oxygen atoms in total. The van der Waals surface area contributed by atoms with Crippen LogP contribution in [0.1, 0.15) is 0 Å². The van der Waals surface area contributed by atoms with Crippen molar-refractivity contribution in [1.82, 2.24) is 0 Å². The normalized spacial score (nSPS) is 11.2. The maximum atomic E-state index is 2.29. The Morgan fingerprint density at radius 1 is 0.182 bits per heavy atom. The zero-order valence-corrected chi connectivity index (χ0v) is 24.3. The number of benzene rings is 7. The van der Waals surface area contributed by atoms with E-state index in [1.54, 1.807) is 0 Å². The lowest BCUT2D eigenvalue weighted by Gasteiger charge is -2.13. The van der Waals surface area contributed by atoms with Crippen LogP contribution in [0.2, 0.25) is 0 Å². The van der Waals surface area contributed by atoms with Crippen molar-refractivity contribution in [2.24, 2.45) is 0 Å². The average Bonchev–Trinajstić information content (AvgIpc) is 3.11. The van der Waals surface area contributed by atoms with Gasteiger partial charge >= 0.3 is 0 Å². The molecule has 0 atom stereocenters. The first-order valence-corrected chi connectivity index (χ1v) is 15.2. The predicted octanol–water partition coefficient (Wildman–Crippen LogP) is 12.5. The first-order chi connectivity index (χ1) is 21.8. The molecule has 0 radical (unpaired) electrons. The minimum Gasteiger partial charge on any atom is -0.0622 e. The molecule has 0 saturated carbocycles. The minimum atomic E-state index is 1.19. The third-order valence-corrected chi connectivity index (χ3v) is 8.71. The number of hydrogen-bond donors (Lipinski definition) is 0. The van der Waals surface area contributed by atoms with E-state index < -0.39 is 0 Å². The molecule has 0 fully saturated rings. The number of hydrogen-bond acceptors (Lipinski definition) is 0. The Kier molecular flexibility index (Phi) is 6.59. The summed E-state index contributed by atoms with van der Waals surface area (Å²) in [6.45, 7) is 0. The highest BCUT2D eigenvalue weighted by molar-refractivity contribution is 6.10. The Morgan fingerprint density at radius 2 is 0.409 bits per heavy atom. The Morgan fingerprint density at radius 3 is 0.682 bits per heavy atom. The second-order valence-electron chi connectivity index (χ2n) is 11.3. The Hall–Kier alpha value is -5.72. The van der Waals surface area contributed by atoms with Crippen LogP contribution < -0.4 is 0 Å². The van der Waals surface area contributed by atoms with Gasteiger partial charge in [0.15, 0.2) is 0 Å². The Balaban J connectivity index is 1.61. The van der Waals surface area contributed by atoms with Crippen molar-refractivity contribution >= 4 is 53.9 Å². The SMILES string of the molecule is c1ccc(-c2c(-c3ccccc3)c3ccc(cc3)c3ccccc3c3ccc(cc3)c3ccccc3c3ccc2cc3)cc1. The lowest BCUT2D eigenvalue weighted by Crippen LogP contribution is -1.87. The molecule has 0 unspecified atom stereocenters. The summed E-state index contributed by atoms with van der Waals surface area (Å²) in [5, 5.41) is 12.2. The Bertz CT molecular complexity index is 2180. The van der Waals surface area contributed by atoms with E-state index in [2.05, 4.69) is 182 Å². The maximum Gasteiger partial charge on any atom is -0.00268 e. The quantitative estimate of drug-likeness (QED) is 0.198. The van der Waals surface area contributed by atoms with E-state index >= 15 is 0 Å². The molecule has 206 valence electrons. The van der Waals surface area contributed by atoms with Gasteiger partial charge in [-0.1, -0.05) is 182 Å². The average molecular weight is 559 g/mol. The molecule has 0 amide bonds. The molecule has 6 bridgehead atoms. The molecule has 0 saturated heterocycles. The highest BCUT2D eigenvalue weighted by Gasteiger charge is 2.11. The van der Waals surface area contributed by atoms with Crippen molar-refractivity contribution in [1.29, 1.82) is 0 Å². The molecule has 11 rings (SSSR count). The Labute approximate surface area is 257 Å². The smallest absolute Gasteiger partial charge is 0.00268 e. The molecule has 11 aromatic rings. The van der Waals surface area contributed by atoms with Crippen molar-refractivity contribution in [3.05, 3.63) is 182 Å². The van der Waals surface area contributed by atoms with Crippen molar-refractivity contribution in [2.45, 2.75) is 0 Å². The molecule has 0 spiro atoms. The molecule has 0 aliphatic heterocycles. The van der Waals surface area contributed by atoms with Crippen molar-refractivity contribution in [3.63, 3.8) is 0 Å². The third kappa shape index (κ3) is 4.68. The fraction of sp³-hybridized carbons (Fsp3) is 0. The van der Waals surface area contributed by atoms with Gasteiger partial charge in [-0.15, -0.1) is 0 Å². The van der Waals surface area contributed by atoms with E-state index in [0.717, 1.165) is 0 Å². The molecular formula is C44H30. The van der Waals surface area contributed by atoms with E-state index in [0.29, 0.717) is 0 Å². The standard InChI is InChI=1S/C44H30/c1-3-11-35(12-4-1)43-37-27-23-33(24-28-37)41-17-9-7-15-39(41)31-19-21-32(22-20-31)40-16-8-10-18-42(40)34-25-29-38(30-26-34)44(43)36-13-5-2-6-14-36/h1-30H. The fourth-order valence-corrected chi connectivity index (χ4v) is 6.56. The third-order valence-electron chi connectivity index (χ3n) is 8.71. The summed E-state index contributed by atoms with van der Waals surface area (Å²) in [7, 11) is 0. The molecule has 0 heteroatoms. The summed E-state index contributed by atoms with van der Waals surface area (Å²) in [6.07, 6.45) is 0. The van der Waals surface area contributed by atoms with Gasteiger partial charge in [-0.05, 0) is 76.1 Å². The zero-order valence-electron chi connectivity index (χ0n) is 24.3. The molecule has 0 aromatic heterocycles. The van der Waals surface area contributed by atoms with Gasteiger partial charge in [-0.3, -0.25) is 0 Å². The second-order valence-corrected chi connectivity index (χ2v) is 11.3. The topological polar surface area (TPSA) is 0 Å². The van der Waals surface area contributed by atoms with Crippen molar-refractivity contribution in [2.75, 3.05) is 0 Å².